The lowest BCUT2D eigenvalue weighted by molar-refractivity contribution is 0.322. The number of aliphatic hydroxyl groups is 1. The maximum absolute atomic E-state index is 8.47. The van der Waals surface area contributed by atoms with Crippen molar-refractivity contribution in [1.29, 1.82) is 0 Å². The second-order valence-electron chi connectivity index (χ2n) is 2.80. The van der Waals surface area contributed by atoms with Crippen LogP contribution >= 0.6 is 11.8 Å². The Morgan fingerprint density at radius 2 is 2.30 bits per heavy atom. The minimum Gasteiger partial charge on any atom is -0.396 e. The van der Waals surface area contributed by atoms with Crippen molar-refractivity contribution >= 4 is 11.8 Å². The molecule has 0 heterocycles. The highest BCUT2D eigenvalue weighted by molar-refractivity contribution is 7.99. The Labute approximate surface area is 66.2 Å². The van der Waals surface area contributed by atoms with Gasteiger partial charge in [0.25, 0.3) is 0 Å². The summed E-state index contributed by atoms with van der Waals surface area (Å²) in [6.07, 6.45) is 2.64. The van der Waals surface area contributed by atoms with Crippen LogP contribution in [0.25, 0.3) is 0 Å². The Morgan fingerprint density at radius 3 is 2.80 bits per heavy atom. The molecule has 1 saturated carbocycles. The summed E-state index contributed by atoms with van der Waals surface area (Å²) in [6.45, 7) is 0.280. The highest BCUT2D eigenvalue weighted by atomic mass is 32.2. The Balaban J connectivity index is 1.90. The van der Waals surface area contributed by atoms with Crippen LogP contribution in [0.1, 0.15) is 12.8 Å². The molecular formula is C7H15NOS. The molecule has 1 atom stereocenters. The molecule has 0 aliphatic heterocycles. The van der Waals surface area contributed by atoms with Crippen molar-refractivity contribution in [3.05, 3.63) is 0 Å². The summed E-state index contributed by atoms with van der Waals surface area (Å²) >= 11 is 1.75. The van der Waals surface area contributed by atoms with Gasteiger partial charge in [0, 0.05) is 17.5 Å². The molecule has 1 aliphatic rings. The van der Waals surface area contributed by atoms with Gasteiger partial charge in [-0.1, -0.05) is 0 Å². The van der Waals surface area contributed by atoms with Crippen LogP contribution in [0.15, 0.2) is 0 Å². The normalized spacial score (nSPS) is 21.0. The number of thioether (sulfide) groups is 1. The third-order valence-corrected chi connectivity index (χ3v) is 2.87. The smallest absolute Gasteiger partial charge is 0.0521 e. The van der Waals surface area contributed by atoms with Crippen LogP contribution in [0.4, 0.5) is 0 Å². The van der Waals surface area contributed by atoms with E-state index in [1.165, 1.54) is 12.8 Å². The highest BCUT2D eigenvalue weighted by Gasteiger charge is 2.27. The van der Waals surface area contributed by atoms with Gasteiger partial charge in [-0.05, 0) is 18.8 Å². The first-order chi connectivity index (χ1) is 4.84. The van der Waals surface area contributed by atoms with Gasteiger partial charge in [-0.3, -0.25) is 0 Å². The lowest BCUT2D eigenvalue weighted by Gasteiger charge is -2.07. The monoisotopic (exact) mass is 161 g/mol. The standard InChI is InChI=1S/C7H15NOS/c8-7(6-1-2-6)5-10-4-3-9/h6-7,9H,1-5,8H2. The second kappa shape index (κ2) is 4.21. The van der Waals surface area contributed by atoms with E-state index in [1.54, 1.807) is 11.8 Å². The summed E-state index contributed by atoms with van der Waals surface area (Å²) in [5.74, 6) is 2.65. The average molecular weight is 161 g/mol. The largest absolute Gasteiger partial charge is 0.396 e. The van der Waals surface area contributed by atoms with E-state index >= 15 is 0 Å². The molecule has 0 bridgehead atoms. The first-order valence-corrected chi connectivity index (χ1v) is 4.94. The Bertz CT molecular complexity index is 95.6. The molecule has 0 amide bonds. The van der Waals surface area contributed by atoms with Crippen LogP contribution in [0.3, 0.4) is 0 Å². The lowest BCUT2D eigenvalue weighted by Crippen LogP contribution is -2.25. The minimum atomic E-state index is 0.280. The van der Waals surface area contributed by atoms with Crippen molar-refractivity contribution in [2.24, 2.45) is 11.7 Å². The van der Waals surface area contributed by atoms with Crippen LogP contribution in [0.2, 0.25) is 0 Å². The fourth-order valence-electron chi connectivity index (χ4n) is 0.944. The summed E-state index contributed by atoms with van der Waals surface area (Å²) in [4.78, 5) is 0. The molecule has 10 heavy (non-hydrogen) atoms. The van der Waals surface area contributed by atoms with Gasteiger partial charge in [0.05, 0.1) is 6.61 Å². The van der Waals surface area contributed by atoms with E-state index in [1.807, 2.05) is 0 Å². The molecule has 0 spiro atoms. The molecule has 3 heteroatoms. The zero-order valence-electron chi connectivity index (χ0n) is 6.12. The van der Waals surface area contributed by atoms with E-state index < -0.39 is 0 Å². The van der Waals surface area contributed by atoms with Crippen molar-refractivity contribution in [3.63, 3.8) is 0 Å². The fraction of sp³-hybridized carbons (Fsp3) is 1.00. The van der Waals surface area contributed by atoms with E-state index in [9.17, 15) is 0 Å². The predicted molar refractivity (Wildman–Crippen MR) is 45.1 cm³/mol. The van der Waals surface area contributed by atoms with Gasteiger partial charge in [0.2, 0.25) is 0 Å². The van der Waals surface area contributed by atoms with Crippen molar-refractivity contribution in [2.75, 3.05) is 18.1 Å². The molecule has 3 N–H and O–H groups in total. The summed E-state index contributed by atoms with van der Waals surface area (Å²) in [5.41, 5.74) is 5.82. The van der Waals surface area contributed by atoms with E-state index in [2.05, 4.69) is 0 Å². The van der Waals surface area contributed by atoms with Crippen molar-refractivity contribution in [1.82, 2.24) is 0 Å². The first-order valence-electron chi connectivity index (χ1n) is 3.78. The van der Waals surface area contributed by atoms with Crippen LogP contribution in [-0.2, 0) is 0 Å². The zero-order chi connectivity index (χ0) is 7.40. The van der Waals surface area contributed by atoms with Gasteiger partial charge in [0.15, 0.2) is 0 Å². The van der Waals surface area contributed by atoms with Crippen LogP contribution in [-0.4, -0.2) is 29.3 Å². The second-order valence-corrected chi connectivity index (χ2v) is 3.95. The van der Waals surface area contributed by atoms with E-state index in [0.29, 0.717) is 6.04 Å². The maximum Gasteiger partial charge on any atom is 0.0521 e. The van der Waals surface area contributed by atoms with Gasteiger partial charge in [-0.15, -0.1) is 0 Å². The van der Waals surface area contributed by atoms with Gasteiger partial charge in [0.1, 0.15) is 0 Å². The number of hydrogen-bond donors (Lipinski definition) is 2. The average Bonchev–Trinajstić information content (AvgIpc) is 2.69. The molecule has 0 radical (unpaired) electrons. The number of nitrogens with two attached hydrogens (primary N) is 1. The van der Waals surface area contributed by atoms with E-state index in [0.717, 1.165) is 17.4 Å². The molecule has 0 saturated heterocycles. The number of rotatable bonds is 5. The van der Waals surface area contributed by atoms with Crippen molar-refractivity contribution < 1.29 is 5.11 Å². The summed E-state index contributed by atoms with van der Waals surface area (Å²) in [6, 6.07) is 0.386. The maximum atomic E-state index is 8.47. The van der Waals surface area contributed by atoms with Gasteiger partial charge in [-0.2, -0.15) is 11.8 Å². The fourth-order valence-corrected chi connectivity index (χ4v) is 1.78. The predicted octanol–water partition coefficient (Wildman–Crippen LogP) is 0.449. The summed E-state index contributed by atoms with van der Waals surface area (Å²) < 4.78 is 0. The van der Waals surface area contributed by atoms with E-state index in [4.69, 9.17) is 10.8 Å². The number of hydrogen-bond acceptors (Lipinski definition) is 3. The van der Waals surface area contributed by atoms with Gasteiger partial charge < -0.3 is 10.8 Å². The molecule has 1 rings (SSSR count). The molecule has 1 unspecified atom stereocenters. The van der Waals surface area contributed by atoms with Crippen LogP contribution < -0.4 is 5.73 Å². The quantitative estimate of drug-likeness (QED) is 0.575. The molecule has 60 valence electrons. The zero-order valence-corrected chi connectivity index (χ0v) is 6.94. The van der Waals surface area contributed by atoms with Crippen LogP contribution in [0.5, 0.6) is 0 Å². The molecule has 2 nitrogen and oxygen atoms in total. The Kier molecular flexibility index (Phi) is 3.52. The minimum absolute atomic E-state index is 0.280. The SMILES string of the molecule is NC(CSCCO)C1CC1. The molecule has 0 aromatic rings. The molecule has 0 aromatic carbocycles. The third-order valence-electron chi connectivity index (χ3n) is 1.77. The first kappa shape index (κ1) is 8.37. The highest BCUT2D eigenvalue weighted by Crippen LogP contribution is 2.32. The van der Waals surface area contributed by atoms with Crippen molar-refractivity contribution in [3.8, 4) is 0 Å². The number of aliphatic hydroxyl groups excluding tert-OH is 1. The Hall–Kier alpha value is 0.270. The lowest BCUT2D eigenvalue weighted by atomic mass is 10.2. The molecule has 1 fully saturated rings. The van der Waals surface area contributed by atoms with Gasteiger partial charge >= 0.3 is 0 Å². The molecule has 0 aromatic heterocycles. The van der Waals surface area contributed by atoms with Gasteiger partial charge in [-0.25, -0.2) is 0 Å². The molecule has 1 aliphatic carbocycles. The van der Waals surface area contributed by atoms with Crippen molar-refractivity contribution in [2.45, 2.75) is 18.9 Å². The topological polar surface area (TPSA) is 46.2 Å². The van der Waals surface area contributed by atoms with Crippen LogP contribution in [0, 0.1) is 5.92 Å². The summed E-state index contributed by atoms with van der Waals surface area (Å²) in [5, 5.41) is 8.47. The molecular weight excluding hydrogens is 146 g/mol. The van der Waals surface area contributed by atoms with E-state index in [-0.39, 0.29) is 6.61 Å². The summed E-state index contributed by atoms with van der Waals surface area (Å²) in [7, 11) is 0. The third kappa shape index (κ3) is 2.90. The Morgan fingerprint density at radius 1 is 1.60 bits per heavy atom.